The zero-order valence-corrected chi connectivity index (χ0v) is 17.8. The number of ketones is 1. The van der Waals surface area contributed by atoms with E-state index < -0.39 is 0 Å². The summed E-state index contributed by atoms with van der Waals surface area (Å²) in [5, 5.41) is 9.55. The standard InChI is InChI=1S/C24H16N6OS/c1-13(31)21-5-6-22(32-21)16-3-2-4-19-17(16)8-20(28-19)23-18-7-14(11-27-24(18)30-29-23)15-9-25-12-26-10-15/h2-12,28H,1H3,(H,27,29,30). The minimum atomic E-state index is 0.0818. The monoisotopic (exact) mass is 436 g/mol. The van der Waals surface area contributed by atoms with E-state index in [1.807, 2.05) is 30.3 Å². The number of nitrogens with zero attached hydrogens (tertiary/aromatic N) is 4. The van der Waals surface area contributed by atoms with Crippen molar-refractivity contribution < 1.29 is 4.79 Å². The molecular formula is C24H16N6OS. The molecule has 0 amide bonds. The second-order valence-corrected chi connectivity index (χ2v) is 8.57. The van der Waals surface area contributed by atoms with Gasteiger partial charge in [0, 0.05) is 56.4 Å². The molecule has 6 aromatic rings. The van der Waals surface area contributed by atoms with Gasteiger partial charge in [-0.1, -0.05) is 12.1 Å². The molecule has 32 heavy (non-hydrogen) atoms. The molecule has 5 heterocycles. The molecule has 6 rings (SSSR count). The predicted molar refractivity (Wildman–Crippen MR) is 126 cm³/mol. The van der Waals surface area contributed by atoms with Gasteiger partial charge in [0.05, 0.1) is 10.6 Å². The average Bonchev–Trinajstić information content (AvgIpc) is 3.56. The van der Waals surface area contributed by atoms with Gasteiger partial charge in [0.1, 0.15) is 12.0 Å². The molecule has 0 aliphatic rings. The Hall–Kier alpha value is -4.17. The molecule has 0 bridgehead atoms. The van der Waals surface area contributed by atoms with Crippen molar-refractivity contribution in [1.29, 1.82) is 0 Å². The van der Waals surface area contributed by atoms with E-state index >= 15 is 0 Å². The van der Waals surface area contributed by atoms with E-state index in [2.05, 4.69) is 42.3 Å². The van der Waals surface area contributed by atoms with Crippen molar-refractivity contribution in [3.8, 4) is 33.0 Å². The molecular weight excluding hydrogens is 420 g/mol. The summed E-state index contributed by atoms with van der Waals surface area (Å²) < 4.78 is 0. The molecule has 7 nitrogen and oxygen atoms in total. The van der Waals surface area contributed by atoms with Crippen molar-refractivity contribution in [2.75, 3.05) is 0 Å². The third-order valence-corrected chi connectivity index (χ3v) is 6.67. The highest BCUT2D eigenvalue weighted by molar-refractivity contribution is 7.17. The predicted octanol–water partition coefficient (Wildman–Crippen LogP) is 5.49. The lowest BCUT2D eigenvalue weighted by Crippen LogP contribution is -1.85. The molecule has 0 saturated heterocycles. The SMILES string of the molecule is CC(=O)c1ccc(-c2cccc3[nH]c(-c4n[nH]c5ncc(-c6cncnc6)cc45)cc23)s1. The fraction of sp³-hybridized carbons (Fsp3) is 0.0417. The molecule has 0 fully saturated rings. The van der Waals surface area contributed by atoms with Gasteiger partial charge in [-0.05, 0) is 37.3 Å². The second-order valence-electron chi connectivity index (χ2n) is 7.49. The van der Waals surface area contributed by atoms with E-state index in [0.717, 1.165) is 54.1 Å². The number of aromatic amines is 2. The average molecular weight is 437 g/mol. The van der Waals surface area contributed by atoms with Gasteiger partial charge in [0.25, 0.3) is 0 Å². The summed E-state index contributed by atoms with van der Waals surface area (Å²) in [5.41, 5.74) is 6.31. The van der Waals surface area contributed by atoms with Gasteiger partial charge in [-0.15, -0.1) is 11.3 Å². The van der Waals surface area contributed by atoms with Crippen LogP contribution in [-0.4, -0.2) is 35.9 Å². The van der Waals surface area contributed by atoms with E-state index in [4.69, 9.17) is 0 Å². The summed E-state index contributed by atoms with van der Waals surface area (Å²) in [4.78, 5) is 29.8. The first-order chi connectivity index (χ1) is 15.7. The number of aromatic nitrogens is 6. The number of hydrogen-bond donors (Lipinski definition) is 2. The van der Waals surface area contributed by atoms with E-state index in [1.54, 1.807) is 25.5 Å². The molecule has 0 atom stereocenters. The first-order valence-electron chi connectivity index (χ1n) is 10.00. The summed E-state index contributed by atoms with van der Waals surface area (Å²) in [5.74, 6) is 0.0818. The number of benzene rings is 1. The van der Waals surface area contributed by atoms with Crippen LogP contribution in [-0.2, 0) is 0 Å². The molecule has 8 heteroatoms. The van der Waals surface area contributed by atoms with Crippen molar-refractivity contribution in [2.45, 2.75) is 6.92 Å². The maximum absolute atomic E-state index is 11.7. The van der Waals surface area contributed by atoms with E-state index in [9.17, 15) is 4.79 Å². The minimum Gasteiger partial charge on any atom is -0.353 e. The first kappa shape index (κ1) is 18.6. The number of H-pyrrole nitrogens is 2. The normalized spacial score (nSPS) is 11.4. The molecule has 0 spiro atoms. The highest BCUT2D eigenvalue weighted by Crippen LogP contribution is 2.37. The van der Waals surface area contributed by atoms with Crippen molar-refractivity contribution >= 4 is 39.1 Å². The number of nitrogens with one attached hydrogen (secondary N) is 2. The Bertz CT molecular complexity index is 1610. The van der Waals surface area contributed by atoms with E-state index in [0.29, 0.717) is 5.65 Å². The molecule has 154 valence electrons. The Morgan fingerprint density at radius 1 is 0.969 bits per heavy atom. The largest absolute Gasteiger partial charge is 0.353 e. The molecule has 0 unspecified atom stereocenters. The van der Waals surface area contributed by atoms with Crippen molar-refractivity contribution in [2.24, 2.45) is 0 Å². The van der Waals surface area contributed by atoms with Crippen LogP contribution < -0.4 is 0 Å². The third kappa shape index (κ3) is 3.00. The fourth-order valence-electron chi connectivity index (χ4n) is 3.88. The van der Waals surface area contributed by atoms with Gasteiger partial charge < -0.3 is 4.98 Å². The zero-order valence-electron chi connectivity index (χ0n) is 17.0. The van der Waals surface area contributed by atoms with Crippen molar-refractivity contribution in [3.63, 3.8) is 0 Å². The van der Waals surface area contributed by atoms with Crippen LogP contribution in [0, 0.1) is 0 Å². The van der Waals surface area contributed by atoms with Crippen molar-refractivity contribution in [1.82, 2.24) is 30.1 Å². The van der Waals surface area contributed by atoms with Crippen LogP contribution in [0.5, 0.6) is 0 Å². The Kier molecular flexibility index (Phi) is 4.19. The quantitative estimate of drug-likeness (QED) is 0.356. The molecule has 1 aromatic carbocycles. The molecule has 0 aliphatic carbocycles. The van der Waals surface area contributed by atoms with Crippen LogP contribution in [0.4, 0.5) is 0 Å². The fourth-order valence-corrected chi connectivity index (χ4v) is 4.83. The van der Waals surface area contributed by atoms with Gasteiger partial charge in [-0.2, -0.15) is 5.10 Å². The Morgan fingerprint density at radius 3 is 2.66 bits per heavy atom. The second kappa shape index (κ2) is 7.21. The summed E-state index contributed by atoms with van der Waals surface area (Å²) in [6, 6.07) is 14.2. The van der Waals surface area contributed by atoms with Crippen LogP contribution in [0.3, 0.4) is 0 Å². The number of pyridine rings is 1. The maximum Gasteiger partial charge on any atom is 0.169 e. The third-order valence-electron chi connectivity index (χ3n) is 5.45. The van der Waals surface area contributed by atoms with E-state index in [-0.39, 0.29) is 5.78 Å². The van der Waals surface area contributed by atoms with Gasteiger partial charge >= 0.3 is 0 Å². The van der Waals surface area contributed by atoms with Gasteiger partial charge in [0.2, 0.25) is 0 Å². The minimum absolute atomic E-state index is 0.0818. The van der Waals surface area contributed by atoms with E-state index in [1.165, 1.54) is 17.7 Å². The number of rotatable bonds is 4. The van der Waals surface area contributed by atoms with Gasteiger partial charge in [-0.25, -0.2) is 15.0 Å². The van der Waals surface area contributed by atoms with Crippen LogP contribution in [0.1, 0.15) is 16.6 Å². The number of fused-ring (bicyclic) bond motifs is 2. The summed E-state index contributed by atoms with van der Waals surface area (Å²) in [6.07, 6.45) is 6.83. The lowest BCUT2D eigenvalue weighted by Gasteiger charge is -2.00. The Balaban J connectivity index is 1.49. The van der Waals surface area contributed by atoms with Crippen LogP contribution in [0.25, 0.3) is 54.9 Å². The summed E-state index contributed by atoms with van der Waals surface area (Å²) in [6.45, 7) is 1.59. The Labute approximate surface area is 186 Å². The smallest absolute Gasteiger partial charge is 0.169 e. The number of Topliss-reactive ketones (excluding diaryl/α,β-unsaturated/α-hetero) is 1. The number of carbonyl (C=O) groups is 1. The maximum atomic E-state index is 11.7. The van der Waals surface area contributed by atoms with Crippen molar-refractivity contribution in [3.05, 3.63) is 72.3 Å². The van der Waals surface area contributed by atoms with Gasteiger partial charge in [0.15, 0.2) is 11.4 Å². The molecule has 0 saturated carbocycles. The lowest BCUT2D eigenvalue weighted by atomic mass is 10.1. The summed E-state index contributed by atoms with van der Waals surface area (Å²) >= 11 is 1.51. The number of carbonyl (C=O) groups excluding carboxylic acids is 1. The molecule has 5 aromatic heterocycles. The first-order valence-corrected chi connectivity index (χ1v) is 10.8. The molecule has 0 aliphatic heterocycles. The van der Waals surface area contributed by atoms with Crippen LogP contribution >= 0.6 is 11.3 Å². The topological polar surface area (TPSA) is 100 Å². The number of thiophene rings is 1. The number of hydrogen-bond acceptors (Lipinski definition) is 6. The highest BCUT2D eigenvalue weighted by atomic mass is 32.1. The lowest BCUT2D eigenvalue weighted by molar-refractivity contribution is 0.102. The van der Waals surface area contributed by atoms with Crippen LogP contribution in [0.2, 0.25) is 0 Å². The zero-order chi connectivity index (χ0) is 21.7. The van der Waals surface area contributed by atoms with Gasteiger partial charge in [-0.3, -0.25) is 9.89 Å². The van der Waals surface area contributed by atoms with Crippen LogP contribution in [0.15, 0.2) is 67.4 Å². The highest BCUT2D eigenvalue weighted by Gasteiger charge is 2.16. The summed E-state index contributed by atoms with van der Waals surface area (Å²) in [7, 11) is 0. The molecule has 2 N–H and O–H groups in total. The Morgan fingerprint density at radius 2 is 1.84 bits per heavy atom. The molecule has 0 radical (unpaired) electrons.